The lowest BCUT2D eigenvalue weighted by Gasteiger charge is -2.52. The fourth-order valence-corrected chi connectivity index (χ4v) is 5.14. The van der Waals surface area contributed by atoms with Gasteiger partial charge in [0.1, 0.15) is 0 Å². The van der Waals surface area contributed by atoms with Gasteiger partial charge >= 0.3 is 0 Å². The normalized spacial score (nSPS) is 32.8. The zero-order valence-electron chi connectivity index (χ0n) is 13.4. The largest absolute Gasteiger partial charge is 0.387 e. The van der Waals surface area contributed by atoms with E-state index in [2.05, 4.69) is 38.8 Å². The third-order valence-corrected chi connectivity index (χ3v) is 6.49. The van der Waals surface area contributed by atoms with Crippen LogP contribution in [-0.4, -0.2) is 38.9 Å². The number of hydrogen-bond acceptors (Lipinski definition) is 3. The molecule has 0 saturated carbocycles. The number of rotatable bonds is 3. The Labute approximate surface area is 145 Å². The van der Waals surface area contributed by atoms with Crippen molar-refractivity contribution in [2.24, 2.45) is 11.8 Å². The Balaban J connectivity index is 1.64. The molecule has 1 N–H and O–H groups in total. The Hall–Kier alpha value is -0.970. The SMILES string of the molecule is C[C@@H](Br)[C@@H]1CN2CC[C@@H]1C[C@@H]2[C@H](O)c1ccnc2ccccc12. The predicted octanol–water partition coefficient (Wildman–Crippen LogP) is 3.76. The van der Waals surface area contributed by atoms with E-state index in [0.29, 0.717) is 10.7 Å². The summed E-state index contributed by atoms with van der Waals surface area (Å²) in [5.41, 5.74) is 1.99. The van der Waals surface area contributed by atoms with Gasteiger partial charge in [-0.2, -0.15) is 0 Å². The Morgan fingerprint density at radius 3 is 2.87 bits per heavy atom. The van der Waals surface area contributed by atoms with Crippen LogP contribution in [0.1, 0.15) is 31.4 Å². The second-order valence-electron chi connectivity index (χ2n) is 7.05. The van der Waals surface area contributed by atoms with Gasteiger partial charge in [-0.1, -0.05) is 41.1 Å². The molecule has 5 rings (SSSR count). The maximum atomic E-state index is 11.1. The molecule has 2 bridgehead atoms. The van der Waals surface area contributed by atoms with Gasteiger partial charge in [-0.25, -0.2) is 0 Å². The standard InChI is InChI=1S/C19H23BrN2O/c1-12(20)16-11-22-9-7-13(16)10-18(22)19(23)15-6-8-21-17-5-3-2-4-14(15)17/h2-6,8,12-13,16,18-19,23H,7,9-11H2,1H3/t12-,13-,16+,18-,19-/m1/s1. The van der Waals surface area contributed by atoms with Crippen molar-refractivity contribution in [1.29, 1.82) is 0 Å². The first kappa shape index (κ1) is 15.6. The Kier molecular flexibility index (Phi) is 4.16. The highest BCUT2D eigenvalue weighted by atomic mass is 79.9. The highest BCUT2D eigenvalue weighted by Gasteiger charge is 2.44. The molecule has 1 aromatic heterocycles. The van der Waals surface area contributed by atoms with Gasteiger partial charge in [0.25, 0.3) is 0 Å². The number of hydrogen-bond donors (Lipinski definition) is 1. The van der Waals surface area contributed by atoms with Crippen molar-refractivity contribution in [2.75, 3.05) is 13.1 Å². The molecule has 4 heteroatoms. The van der Waals surface area contributed by atoms with Crippen LogP contribution in [0.3, 0.4) is 0 Å². The van der Waals surface area contributed by atoms with Crippen LogP contribution in [0, 0.1) is 11.8 Å². The van der Waals surface area contributed by atoms with E-state index in [1.54, 1.807) is 0 Å². The molecular weight excluding hydrogens is 352 g/mol. The van der Waals surface area contributed by atoms with Crippen molar-refractivity contribution in [3.05, 3.63) is 42.1 Å². The number of para-hydroxylation sites is 1. The zero-order valence-corrected chi connectivity index (χ0v) is 15.0. The lowest BCUT2D eigenvalue weighted by molar-refractivity contribution is -0.0544. The lowest BCUT2D eigenvalue weighted by atomic mass is 9.72. The van der Waals surface area contributed by atoms with Gasteiger partial charge in [0.15, 0.2) is 0 Å². The molecule has 0 radical (unpaired) electrons. The van der Waals surface area contributed by atoms with Crippen LogP contribution in [0.15, 0.2) is 36.5 Å². The number of fused-ring (bicyclic) bond motifs is 4. The number of piperidine rings is 3. The molecule has 1 aromatic carbocycles. The Bertz CT molecular complexity index is 699. The summed E-state index contributed by atoms with van der Waals surface area (Å²) >= 11 is 3.77. The fourth-order valence-electron chi connectivity index (χ4n) is 4.54. The highest BCUT2D eigenvalue weighted by Crippen LogP contribution is 2.43. The number of halogens is 1. The molecule has 2 aromatic rings. The minimum absolute atomic E-state index is 0.238. The molecule has 1 unspecified atom stereocenters. The van der Waals surface area contributed by atoms with E-state index in [1.807, 2.05) is 30.5 Å². The molecule has 0 aliphatic carbocycles. The minimum Gasteiger partial charge on any atom is -0.387 e. The van der Waals surface area contributed by atoms with Crippen LogP contribution in [0.5, 0.6) is 0 Å². The molecule has 3 nitrogen and oxygen atoms in total. The third-order valence-electron chi connectivity index (χ3n) is 5.81. The van der Waals surface area contributed by atoms with Gasteiger partial charge in [0.2, 0.25) is 0 Å². The number of benzene rings is 1. The van der Waals surface area contributed by atoms with Crippen LogP contribution in [0.2, 0.25) is 0 Å². The molecule has 0 spiro atoms. The molecule has 4 heterocycles. The molecule has 0 amide bonds. The maximum Gasteiger partial charge on any atom is 0.0952 e. The number of aliphatic hydroxyl groups excluding tert-OH is 1. The fraction of sp³-hybridized carbons (Fsp3) is 0.526. The molecule has 3 saturated heterocycles. The van der Waals surface area contributed by atoms with E-state index in [4.69, 9.17) is 0 Å². The van der Waals surface area contributed by atoms with Gasteiger partial charge in [0.05, 0.1) is 11.6 Å². The first-order valence-electron chi connectivity index (χ1n) is 8.55. The number of aromatic nitrogens is 1. The number of pyridine rings is 1. The second kappa shape index (κ2) is 6.15. The smallest absolute Gasteiger partial charge is 0.0952 e. The summed E-state index contributed by atoms with van der Waals surface area (Å²) in [5.74, 6) is 1.43. The number of nitrogens with zero attached hydrogens (tertiary/aromatic N) is 2. The van der Waals surface area contributed by atoms with Gasteiger partial charge < -0.3 is 5.11 Å². The van der Waals surface area contributed by atoms with Crippen molar-refractivity contribution < 1.29 is 5.11 Å². The summed E-state index contributed by atoms with van der Waals surface area (Å²) in [6.45, 7) is 4.47. The highest BCUT2D eigenvalue weighted by molar-refractivity contribution is 9.09. The molecule has 3 aliphatic rings. The van der Waals surface area contributed by atoms with Crippen molar-refractivity contribution >= 4 is 26.8 Å². The zero-order chi connectivity index (χ0) is 16.0. The monoisotopic (exact) mass is 374 g/mol. The van der Waals surface area contributed by atoms with Crippen LogP contribution < -0.4 is 0 Å². The second-order valence-corrected chi connectivity index (χ2v) is 8.49. The summed E-state index contributed by atoms with van der Waals surface area (Å²) < 4.78 is 0. The van der Waals surface area contributed by atoms with E-state index in [1.165, 1.54) is 6.42 Å². The first-order chi connectivity index (χ1) is 11.1. The first-order valence-corrected chi connectivity index (χ1v) is 9.46. The van der Waals surface area contributed by atoms with E-state index < -0.39 is 6.10 Å². The van der Waals surface area contributed by atoms with Crippen molar-refractivity contribution in [3.63, 3.8) is 0 Å². The van der Waals surface area contributed by atoms with E-state index in [0.717, 1.165) is 41.9 Å². The van der Waals surface area contributed by atoms with E-state index >= 15 is 0 Å². The van der Waals surface area contributed by atoms with Crippen LogP contribution in [0.4, 0.5) is 0 Å². The van der Waals surface area contributed by atoms with Gasteiger partial charge in [-0.05, 0) is 48.9 Å². The van der Waals surface area contributed by atoms with Gasteiger partial charge in [0, 0.05) is 29.0 Å². The van der Waals surface area contributed by atoms with Crippen molar-refractivity contribution in [1.82, 2.24) is 9.88 Å². The Morgan fingerprint density at radius 1 is 1.30 bits per heavy atom. The molecule has 6 atom stereocenters. The maximum absolute atomic E-state index is 11.1. The summed E-state index contributed by atoms with van der Waals surface area (Å²) in [4.78, 5) is 7.48. The molecule has 23 heavy (non-hydrogen) atoms. The van der Waals surface area contributed by atoms with Crippen molar-refractivity contribution in [2.45, 2.75) is 36.7 Å². The number of aliphatic hydroxyl groups is 1. The quantitative estimate of drug-likeness (QED) is 0.830. The lowest BCUT2D eigenvalue weighted by Crippen LogP contribution is -2.56. The molecule has 122 valence electrons. The average Bonchev–Trinajstić information content (AvgIpc) is 2.60. The predicted molar refractivity (Wildman–Crippen MR) is 96.7 cm³/mol. The topological polar surface area (TPSA) is 36.4 Å². The summed E-state index contributed by atoms with van der Waals surface area (Å²) in [7, 11) is 0. The molecular formula is C19H23BrN2O. The third kappa shape index (κ3) is 2.71. The van der Waals surface area contributed by atoms with Crippen molar-refractivity contribution in [3.8, 4) is 0 Å². The Morgan fingerprint density at radius 2 is 2.13 bits per heavy atom. The van der Waals surface area contributed by atoms with Gasteiger partial charge in [-0.3, -0.25) is 9.88 Å². The summed E-state index contributed by atoms with van der Waals surface area (Å²) in [6.07, 6.45) is 3.75. The van der Waals surface area contributed by atoms with Crippen LogP contribution >= 0.6 is 15.9 Å². The summed E-state index contributed by atoms with van der Waals surface area (Å²) in [5, 5.41) is 12.2. The average molecular weight is 375 g/mol. The van der Waals surface area contributed by atoms with Crippen LogP contribution in [-0.2, 0) is 0 Å². The minimum atomic E-state index is -0.433. The number of alkyl halides is 1. The molecule has 3 aliphatic heterocycles. The van der Waals surface area contributed by atoms with E-state index in [9.17, 15) is 5.11 Å². The van der Waals surface area contributed by atoms with Crippen LogP contribution in [0.25, 0.3) is 10.9 Å². The summed E-state index contributed by atoms with van der Waals surface area (Å²) in [6, 6.07) is 10.3. The van der Waals surface area contributed by atoms with Gasteiger partial charge in [-0.15, -0.1) is 0 Å². The van der Waals surface area contributed by atoms with E-state index in [-0.39, 0.29) is 6.04 Å². The molecule has 3 fully saturated rings.